The summed E-state index contributed by atoms with van der Waals surface area (Å²) in [6, 6.07) is 10.8. The number of hydrogen-bond donors (Lipinski definition) is 2. The fourth-order valence-corrected chi connectivity index (χ4v) is 2.28. The Hall–Kier alpha value is -0.900. The van der Waals surface area contributed by atoms with Crippen LogP contribution < -0.4 is 11.3 Å². The van der Waals surface area contributed by atoms with E-state index in [1.807, 2.05) is 6.92 Å². The Morgan fingerprint density at radius 3 is 2.50 bits per heavy atom. The molecular weight excluding hydrogens is 224 g/mol. The maximum atomic E-state index is 5.70. The van der Waals surface area contributed by atoms with Gasteiger partial charge in [0.1, 0.15) is 0 Å². The Bertz CT molecular complexity index is 303. The van der Waals surface area contributed by atoms with Gasteiger partial charge in [-0.15, -0.1) is 0 Å². The lowest BCUT2D eigenvalue weighted by atomic mass is 10.00. The molecule has 1 rings (SSSR count). The molecule has 0 aliphatic rings. The number of nitrogens with two attached hydrogens (primary N) is 1. The lowest BCUT2D eigenvalue weighted by Crippen LogP contribution is -2.45. The first-order valence-electron chi connectivity index (χ1n) is 6.93. The highest BCUT2D eigenvalue weighted by Crippen LogP contribution is 2.12. The number of hydrogen-bond acceptors (Lipinski definition) is 3. The van der Waals surface area contributed by atoms with Gasteiger partial charge in [-0.25, -0.2) is 0 Å². The molecule has 1 aromatic carbocycles. The van der Waals surface area contributed by atoms with E-state index in [1.54, 1.807) is 0 Å². The maximum absolute atomic E-state index is 5.70. The molecule has 0 aliphatic heterocycles. The fraction of sp³-hybridized carbons (Fsp3) is 0.600. The summed E-state index contributed by atoms with van der Waals surface area (Å²) in [7, 11) is 0. The van der Waals surface area contributed by atoms with Crippen LogP contribution in [0.5, 0.6) is 0 Å². The van der Waals surface area contributed by atoms with E-state index < -0.39 is 0 Å². The molecule has 0 saturated heterocycles. The van der Waals surface area contributed by atoms with E-state index in [9.17, 15) is 0 Å². The molecule has 18 heavy (non-hydrogen) atoms. The Labute approximate surface area is 111 Å². The summed E-state index contributed by atoms with van der Waals surface area (Å²) in [5.74, 6) is 5.63. The van der Waals surface area contributed by atoms with Gasteiger partial charge in [0.15, 0.2) is 0 Å². The lowest BCUT2D eigenvalue weighted by Gasteiger charge is -2.25. The van der Waals surface area contributed by atoms with Crippen LogP contribution in [0.2, 0.25) is 0 Å². The van der Waals surface area contributed by atoms with Gasteiger partial charge in [0, 0.05) is 12.6 Å². The average molecular weight is 250 g/mol. The van der Waals surface area contributed by atoms with E-state index in [4.69, 9.17) is 10.6 Å². The first kappa shape index (κ1) is 15.2. The predicted octanol–water partition coefficient (Wildman–Crippen LogP) is 2.66. The molecule has 0 heterocycles. The number of hydrazine groups is 1. The summed E-state index contributed by atoms with van der Waals surface area (Å²) in [5.41, 5.74) is 4.29. The normalized spacial score (nSPS) is 14.4. The van der Waals surface area contributed by atoms with Crippen LogP contribution in [0.4, 0.5) is 0 Å². The van der Waals surface area contributed by atoms with Crippen molar-refractivity contribution in [2.75, 3.05) is 6.61 Å². The molecule has 0 radical (unpaired) electrons. The van der Waals surface area contributed by atoms with Crippen LogP contribution in [0.1, 0.15) is 38.7 Å². The van der Waals surface area contributed by atoms with E-state index in [1.165, 1.54) is 5.56 Å². The predicted molar refractivity (Wildman–Crippen MR) is 76.2 cm³/mol. The summed E-state index contributed by atoms with van der Waals surface area (Å²) in [5, 5.41) is 0. The van der Waals surface area contributed by atoms with Gasteiger partial charge in [0.05, 0.1) is 6.10 Å². The van der Waals surface area contributed by atoms with E-state index in [0.717, 1.165) is 32.3 Å². The summed E-state index contributed by atoms with van der Waals surface area (Å²) < 4.78 is 5.70. The molecule has 0 bridgehead atoms. The third-order valence-corrected chi connectivity index (χ3v) is 3.27. The van der Waals surface area contributed by atoms with Crippen molar-refractivity contribution in [3.8, 4) is 0 Å². The highest BCUT2D eigenvalue weighted by atomic mass is 16.5. The third kappa shape index (κ3) is 5.17. The van der Waals surface area contributed by atoms with E-state index in [0.29, 0.717) is 0 Å². The quantitative estimate of drug-likeness (QED) is 0.523. The molecule has 102 valence electrons. The average Bonchev–Trinajstić information content (AvgIpc) is 2.43. The minimum Gasteiger partial charge on any atom is -0.377 e. The van der Waals surface area contributed by atoms with Gasteiger partial charge in [0.2, 0.25) is 0 Å². The van der Waals surface area contributed by atoms with Crippen molar-refractivity contribution < 1.29 is 4.74 Å². The second-order valence-corrected chi connectivity index (χ2v) is 4.55. The first-order valence-corrected chi connectivity index (χ1v) is 6.93. The van der Waals surface area contributed by atoms with Crippen molar-refractivity contribution >= 4 is 0 Å². The summed E-state index contributed by atoms with van der Waals surface area (Å²) in [6.07, 6.45) is 4.48. The van der Waals surface area contributed by atoms with E-state index in [-0.39, 0.29) is 12.1 Å². The molecule has 0 spiro atoms. The Morgan fingerprint density at radius 2 is 1.94 bits per heavy atom. The number of aryl methyl sites for hydroxylation is 1. The van der Waals surface area contributed by atoms with Crippen LogP contribution in [0.3, 0.4) is 0 Å². The van der Waals surface area contributed by atoms with Gasteiger partial charge < -0.3 is 4.74 Å². The molecular formula is C15H26N2O. The highest BCUT2D eigenvalue weighted by molar-refractivity contribution is 5.14. The van der Waals surface area contributed by atoms with Crippen molar-refractivity contribution in [1.82, 2.24) is 5.43 Å². The summed E-state index contributed by atoms with van der Waals surface area (Å²) >= 11 is 0. The van der Waals surface area contributed by atoms with Crippen LogP contribution in [0.15, 0.2) is 30.3 Å². The molecule has 3 nitrogen and oxygen atoms in total. The van der Waals surface area contributed by atoms with Crippen LogP contribution in [-0.2, 0) is 11.2 Å². The highest BCUT2D eigenvalue weighted by Gasteiger charge is 2.18. The Morgan fingerprint density at radius 1 is 1.22 bits per heavy atom. The van der Waals surface area contributed by atoms with Crippen LogP contribution in [0.25, 0.3) is 0 Å². The monoisotopic (exact) mass is 250 g/mol. The zero-order valence-corrected chi connectivity index (χ0v) is 11.6. The third-order valence-electron chi connectivity index (χ3n) is 3.27. The fourth-order valence-electron chi connectivity index (χ4n) is 2.28. The second kappa shape index (κ2) is 9.09. The number of benzene rings is 1. The van der Waals surface area contributed by atoms with Crippen LogP contribution in [0, 0.1) is 0 Å². The van der Waals surface area contributed by atoms with Crippen molar-refractivity contribution in [3.63, 3.8) is 0 Å². The van der Waals surface area contributed by atoms with Crippen LogP contribution >= 0.6 is 0 Å². The number of nitrogens with one attached hydrogen (secondary N) is 1. The van der Waals surface area contributed by atoms with Gasteiger partial charge in [-0.1, -0.05) is 37.3 Å². The Kier molecular flexibility index (Phi) is 7.65. The zero-order valence-electron chi connectivity index (χ0n) is 11.6. The molecule has 3 heteroatoms. The van der Waals surface area contributed by atoms with Gasteiger partial charge in [0.25, 0.3) is 0 Å². The minimum atomic E-state index is 0.218. The van der Waals surface area contributed by atoms with Gasteiger partial charge in [-0.3, -0.25) is 11.3 Å². The number of rotatable bonds is 9. The van der Waals surface area contributed by atoms with Crippen molar-refractivity contribution in [3.05, 3.63) is 35.9 Å². The van der Waals surface area contributed by atoms with Crippen molar-refractivity contribution in [2.45, 2.75) is 51.7 Å². The van der Waals surface area contributed by atoms with E-state index in [2.05, 4.69) is 42.7 Å². The van der Waals surface area contributed by atoms with E-state index >= 15 is 0 Å². The molecule has 3 N–H and O–H groups in total. The standard InChI is InChI=1S/C15H26N2O/c1-3-15(18-4-2)14(17-16)12-8-11-13-9-6-5-7-10-13/h5-7,9-10,14-15,17H,3-4,8,11-12,16H2,1-2H3. The van der Waals surface area contributed by atoms with Crippen LogP contribution in [-0.4, -0.2) is 18.8 Å². The van der Waals surface area contributed by atoms with Crippen molar-refractivity contribution in [1.29, 1.82) is 0 Å². The van der Waals surface area contributed by atoms with Gasteiger partial charge in [-0.05, 0) is 38.2 Å². The molecule has 0 amide bonds. The molecule has 1 aromatic rings. The molecule has 2 unspecified atom stereocenters. The molecule has 2 atom stereocenters. The lowest BCUT2D eigenvalue weighted by molar-refractivity contribution is 0.0291. The Balaban J connectivity index is 2.35. The first-order chi connectivity index (χ1) is 8.81. The molecule has 0 aromatic heterocycles. The SMILES string of the molecule is CCOC(CC)C(CCCc1ccccc1)NN. The molecule has 0 aliphatic carbocycles. The van der Waals surface area contributed by atoms with Crippen molar-refractivity contribution in [2.24, 2.45) is 5.84 Å². The van der Waals surface area contributed by atoms with Gasteiger partial charge >= 0.3 is 0 Å². The summed E-state index contributed by atoms with van der Waals surface area (Å²) in [4.78, 5) is 0. The minimum absolute atomic E-state index is 0.218. The number of ether oxygens (including phenoxy) is 1. The topological polar surface area (TPSA) is 47.3 Å². The molecule has 0 fully saturated rings. The zero-order chi connectivity index (χ0) is 13.2. The summed E-state index contributed by atoms with van der Waals surface area (Å²) in [6.45, 7) is 4.91. The smallest absolute Gasteiger partial charge is 0.0738 e. The largest absolute Gasteiger partial charge is 0.377 e. The van der Waals surface area contributed by atoms with Gasteiger partial charge in [-0.2, -0.15) is 0 Å². The second-order valence-electron chi connectivity index (χ2n) is 4.55. The molecule has 0 saturated carbocycles. The maximum Gasteiger partial charge on any atom is 0.0738 e.